The highest BCUT2D eigenvalue weighted by Gasteiger charge is 2.07. The van der Waals surface area contributed by atoms with Crippen LogP contribution in [0.2, 0.25) is 0 Å². The molecule has 0 radical (unpaired) electrons. The molecule has 0 aliphatic carbocycles. The molecule has 0 aliphatic rings. The van der Waals surface area contributed by atoms with Crippen LogP contribution in [-0.2, 0) is 16.0 Å². The minimum Gasteiger partial charge on any atom is -0.497 e. The van der Waals surface area contributed by atoms with Crippen molar-refractivity contribution in [2.75, 3.05) is 13.7 Å². The summed E-state index contributed by atoms with van der Waals surface area (Å²) in [5.41, 5.74) is 7.98. The lowest BCUT2D eigenvalue weighted by Crippen LogP contribution is -2.43. The summed E-state index contributed by atoms with van der Waals surface area (Å²) in [6, 6.07) is 13.1. The van der Waals surface area contributed by atoms with Crippen molar-refractivity contribution in [1.82, 2.24) is 10.9 Å². The van der Waals surface area contributed by atoms with Gasteiger partial charge in [0.25, 0.3) is 5.91 Å². The van der Waals surface area contributed by atoms with E-state index in [2.05, 4.69) is 10.9 Å². The normalized spacial score (nSPS) is 10.1. The van der Waals surface area contributed by atoms with Crippen LogP contribution in [0.4, 0.5) is 0 Å². The molecule has 2 rings (SSSR count). The van der Waals surface area contributed by atoms with E-state index in [1.165, 1.54) is 0 Å². The molecular formula is C20H24N2O4. The predicted octanol–water partition coefficient (Wildman–Crippen LogP) is 2.47. The second-order valence-electron chi connectivity index (χ2n) is 5.98. The van der Waals surface area contributed by atoms with Crippen LogP contribution in [0.1, 0.15) is 23.1 Å². The van der Waals surface area contributed by atoms with Gasteiger partial charge in [0, 0.05) is 6.42 Å². The number of amides is 2. The van der Waals surface area contributed by atoms with E-state index in [0.717, 1.165) is 22.4 Å². The summed E-state index contributed by atoms with van der Waals surface area (Å²) in [4.78, 5) is 23.6. The van der Waals surface area contributed by atoms with Crippen molar-refractivity contribution in [3.63, 3.8) is 0 Å². The molecule has 0 bridgehead atoms. The number of hydrogen-bond acceptors (Lipinski definition) is 4. The minimum atomic E-state index is -0.419. The predicted molar refractivity (Wildman–Crippen MR) is 99.0 cm³/mol. The van der Waals surface area contributed by atoms with Crippen molar-refractivity contribution in [3.8, 4) is 11.5 Å². The number of carbonyl (C=O) groups excluding carboxylic acids is 2. The van der Waals surface area contributed by atoms with Crippen LogP contribution >= 0.6 is 0 Å². The Bertz CT molecular complexity index is 774. The summed E-state index contributed by atoms with van der Waals surface area (Å²) in [7, 11) is 1.60. The molecule has 6 heteroatoms. The Morgan fingerprint density at radius 3 is 2.42 bits per heavy atom. The van der Waals surface area contributed by atoms with Gasteiger partial charge in [-0.1, -0.05) is 18.2 Å². The van der Waals surface area contributed by atoms with Gasteiger partial charge in [-0.15, -0.1) is 0 Å². The Hall–Kier alpha value is -3.02. The molecule has 0 saturated heterocycles. The van der Waals surface area contributed by atoms with Gasteiger partial charge in [-0.05, 0) is 61.2 Å². The number of nitrogens with one attached hydrogen (secondary N) is 2. The second-order valence-corrected chi connectivity index (χ2v) is 5.98. The SMILES string of the molecule is COc1cccc(CCC(=O)NNC(=O)COc2ccc(C)c(C)c2)c1. The summed E-state index contributed by atoms with van der Waals surface area (Å²) in [6.45, 7) is 3.82. The fraction of sp³-hybridized carbons (Fsp3) is 0.300. The molecule has 0 atom stereocenters. The van der Waals surface area contributed by atoms with Gasteiger partial charge in [-0.3, -0.25) is 20.4 Å². The van der Waals surface area contributed by atoms with Gasteiger partial charge >= 0.3 is 0 Å². The Morgan fingerprint density at radius 1 is 0.923 bits per heavy atom. The molecule has 0 aromatic heterocycles. The number of rotatable bonds is 7. The van der Waals surface area contributed by atoms with Crippen molar-refractivity contribution < 1.29 is 19.1 Å². The minimum absolute atomic E-state index is 0.168. The van der Waals surface area contributed by atoms with Crippen LogP contribution in [-0.4, -0.2) is 25.5 Å². The highest BCUT2D eigenvalue weighted by Crippen LogP contribution is 2.16. The number of carbonyl (C=O) groups is 2. The molecule has 138 valence electrons. The summed E-state index contributed by atoms with van der Waals surface area (Å²) in [5.74, 6) is 0.678. The van der Waals surface area contributed by atoms with Crippen molar-refractivity contribution in [2.24, 2.45) is 0 Å². The first kappa shape index (κ1) is 19.3. The lowest BCUT2D eigenvalue weighted by molar-refractivity contribution is -0.130. The van der Waals surface area contributed by atoms with E-state index in [1.807, 2.05) is 56.3 Å². The standard InChI is InChI=1S/C20H24N2O4/c1-14-7-9-18(11-15(14)2)26-13-20(24)22-21-19(23)10-8-16-5-4-6-17(12-16)25-3/h4-7,9,11-12H,8,10,13H2,1-3H3,(H,21,23)(H,22,24). The second kappa shape index (κ2) is 9.46. The van der Waals surface area contributed by atoms with Crippen LogP contribution < -0.4 is 20.3 Å². The largest absolute Gasteiger partial charge is 0.497 e. The van der Waals surface area contributed by atoms with E-state index in [9.17, 15) is 9.59 Å². The van der Waals surface area contributed by atoms with Crippen molar-refractivity contribution in [1.29, 1.82) is 0 Å². The molecule has 2 amide bonds. The summed E-state index contributed by atoms with van der Waals surface area (Å²) in [5, 5.41) is 0. The Labute approximate surface area is 153 Å². The van der Waals surface area contributed by atoms with Crippen LogP contribution in [0.15, 0.2) is 42.5 Å². The number of hydrogen-bond donors (Lipinski definition) is 2. The topological polar surface area (TPSA) is 76.7 Å². The van der Waals surface area contributed by atoms with Crippen molar-refractivity contribution in [2.45, 2.75) is 26.7 Å². The van der Waals surface area contributed by atoms with Gasteiger partial charge in [0.05, 0.1) is 7.11 Å². The highest BCUT2D eigenvalue weighted by atomic mass is 16.5. The first-order chi connectivity index (χ1) is 12.5. The zero-order valence-corrected chi connectivity index (χ0v) is 15.3. The summed E-state index contributed by atoms with van der Waals surface area (Å²) >= 11 is 0. The summed E-state index contributed by atoms with van der Waals surface area (Å²) < 4.78 is 10.6. The lowest BCUT2D eigenvalue weighted by Gasteiger charge is -2.10. The first-order valence-electron chi connectivity index (χ1n) is 8.38. The Kier molecular flexibility index (Phi) is 7.02. The van der Waals surface area contributed by atoms with E-state index in [4.69, 9.17) is 9.47 Å². The lowest BCUT2D eigenvalue weighted by atomic mass is 10.1. The molecule has 2 aromatic rings. The third-order valence-corrected chi connectivity index (χ3v) is 3.96. The van der Waals surface area contributed by atoms with Gasteiger partial charge in [0.2, 0.25) is 5.91 Å². The van der Waals surface area contributed by atoms with E-state index >= 15 is 0 Å². The third-order valence-electron chi connectivity index (χ3n) is 3.96. The van der Waals surface area contributed by atoms with Crippen molar-refractivity contribution in [3.05, 3.63) is 59.2 Å². The fourth-order valence-electron chi connectivity index (χ4n) is 2.28. The molecule has 0 spiro atoms. The number of aryl methyl sites for hydroxylation is 3. The zero-order chi connectivity index (χ0) is 18.9. The monoisotopic (exact) mass is 356 g/mol. The zero-order valence-electron chi connectivity index (χ0n) is 15.3. The number of benzene rings is 2. The maximum absolute atomic E-state index is 11.8. The molecule has 0 unspecified atom stereocenters. The third kappa shape index (κ3) is 6.12. The number of hydrazine groups is 1. The van der Waals surface area contributed by atoms with Gasteiger partial charge in [-0.25, -0.2) is 0 Å². The maximum Gasteiger partial charge on any atom is 0.276 e. The highest BCUT2D eigenvalue weighted by molar-refractivity contribution is 5.82. The van der Waals surface area contributed by atoms with Crippen LogP contribution in [0, 0.1) is 13.8 Å². The number of methoxy groups -OCH3 is 1. The Morgan fingerprint density at radius 2 is 1.69 bits per heavy atom. The van der Waals surface area contributed by atoms with E-state index in [1.54, 1.807) is 7.11 Å². The molecule has 6 nitrogen and oxygen atoms in total. The summed E-state index contributed by atoms with van der Waals surface area (Å²) in [6.07, 6.45) is 0.809. The molecular weight excluding hydrogens is 332 g/mol. The average molecular weight is 356 g/mol. The molecule has 0 heterocycles. The van der Waals surface area contributed by atoms with E-state index in [0.29, 0.717) is 12.2 Å². The van der Waals surface area contributed by atoms with Gasteiger partial charge in [0.1, 0.15) is 11.5 Å². The van der Waals surface area contributed by atoms with E-state index in [-0.39, 0.29) is 18.9 Å². The van der Waals surface area contributed by atoms with Crippen molar-refractivity contribution >= 4 is 11.8 Å². The molecule has 26 heavy (non-hydrogen) atoms. The van der Waals surface area contributed by atoms with Gasteiger partial charge in [0.15, 0.2) is 6.61 Å². The molecule has 0 aliphatic heterocycles. The van der Waals surface area contributed by atoms with Gasteiger partial charge in [-0.2, -0.15) is 0 Å². The maximum atomic E-state index is 11.8. The smallest absolute Gasteiger partial charge is 0.276 e. The molecule has 2 N–H and O–H groups in total. The van der Waals surface area contributed by atoms with Crippen LogP contribution in [0.3, 0.4) is 0 Å². The quantitative estimate of drug-likeness (QED) is 0.747. The average Bonchev–Trinajstić information content (AvgIpc) is 2.65. The molecule has 0 saturated carbocycles. The molecule has 2 aromatic carbocycles. The van der Waals surface area contributed by atoms with E-state index < -0.39 is 5.91 Å². The Balaban J connectivity index is 1.69. The van der Waals surface area contributed by atoms with Crippen LogP contribution in [0.25, 0.3) is 0 Å². The van der Waals surface area contributed by atoms with Crippen LogP contribution in [0.5, 0.6) is 11.5 Å². The molecule has 0 fully saturated rings. The first-order valence-corrected chi connectivity index (χ1v) is 8.38. The fourth-order valence-corrected chi connectivity index (χ4v) is 2.28. The van der Waals surface area contributed by atoms with Gasteiger partial charge < -0.3 is 9.47 Å². The number of ether oxygens (including phenoxy) is 2.